The number of nitrogens with zero attached hydrogens (tertiary/aromatic N) is 4. The molecule has 0 spiro atoms. The maximum Gasteiger partial charge on any atom is 0.231 e. The Morgan fingerprint density at radius 3 is 2.73 bits per heavy atom. The van der Waals surface area contributed by atoms with Crippen LogP contribution < -0.4 is 5.32 Å². The molecule has 6 nitrogen and oxygen atoms in total. The SMILES string of the molecule is Cc1cc(C)n(-c2ccc(CC(=O)Nc3ncc4n3CCCC4)cc2)n1. The van der Waals surface area contributed by atoms with Gasteiger partial charge in [-0.2, -0.15) is 5.10 Å². The number of fused-ring (bicyclic) bond motifs is 1. The fourth-order valence-electron chi connectivity index (χ4n) is 3.54. The van der Waals surface area contributed by atoms with Gasteiger partial charge in [0.25, 0.3) is 0 Å². The molecule has 0 aliphatic carbocycles. The second-order valence-electron chi connectivity index (χ2n) is 6.91. The van der Waals surface area contributed by atoms with Crippen molar-refractivity contribution in [2.45, 2.75) is 46.1 Å². The number of hydrogen-bond acceptors (Lipinski definition) is 3. The Morgan fingerprint density at radius 2 is 2.00 bits per heavy atom. The smallest absolute Gasteiger partial charge is 0.231 e. The molecule has 1 aromatic carbocycles. The average molecular weight is 349 g/mol. The van der Waals surface area contributed by atoms with Gasteiger partial charge in [0.05, 0.1) is 24.0 Å². The highest BCUT2D eigenvalue weighted by atomic mass is 16.1. The summed E-state index contributed by atoms with van der Waals surface area (Å²) in [5.74, 6) is 0.631. The van der Waals surface area contributed by atoms with Crippen molar-refractivity contribution in [3.8, 4) is 5.69 Å². The summed E-state index contributed by atoms with van der Waals surface area (Å²) in [6.45, 7) is 4.95. The van der Waals surface area contributed by atoms with Crippen molar-refractivity contribution in [2.75, 3.05) is 5.32 Å². The highest BCUT2D eigenvalue weighted by Gasteiger charge is 2.15. The van der Waals surface area contributed by atoms with Gasteiger partial charge in [0.15, 0.2) is 0 Å². The van der Waals surface area contributed by atoms with Crippen LogP contribution in [0.25, 0.3) is 5.69 Å². The molecule has 134 valence electrons. The van der Waals surface area contributed by atoms with Crippen LogP contribution in [0.5, 0.6) is 0 Å². The molecule has 0 bridgehead atoms. The van der Waals surface area contributed by atoms with E-state index in [4.69, 9.17) is 0 Å². The number of imidazole rings is 1. The van der Waals surface area contributed by atoms with E-state index in [1.54, 1.807) is 0 Å². The number of benzene rings is 1. The van der Waals surface area contributed by atoms with Crippen molar-refractivity contribution in [1.29, 1.82) is 0 Å². The van der Waals surface area contributed by atoms with Crippen molar-refractivity contribution >= 4 is 11.9 Å². The molecule has 0 saturated heterocycles. The van der Waals surface area contributed by atoms with Gasteiger partial charge in [-0.25, -0.2) is 9.67 Å². The van der Waals surface area contributed by atoms with Gasteiger partial charge < -0.3 is 4.57 Å². The normalized spacial score (nSPS) is 13.5. The summed E-state index contributed by atoms with van der Waals surface area (Å²) >= 11 is 0. The Bertz CT molecular complexity index is 936. The van der Waals surface area contributed by atoms with Gasteiger partial charge in [0.2, 0.25) is 11.9 Å². The number of carbonyl (C=O) groups excluding carboxylic acids is 1. The van der Waals surface area contributed by atoms with Crippen LogP contribution in [0.4, 0.5) is 5.95 Å². The number of aromatic nitrogens is 4. The minimum absolute atomic E-state index is 0.0390. The highest BCUT2D eigenvalue weighted by Crippen LogP contribution is 2.20. The second-order valence-corrected chi connectivity index (χ2v) is 6.91. The van der Waals surface area contributed by atoms with Gasteiger partial charge in [0.1, 0.15) is 0 Å². The van der Waals surface area contributed by atoms with Crippen LogP contribution in [0.1, 0.15) is 35.5 Å². The summed E-state index contributed by atoms with van der Waals surface area (Å²) in [7, 11) is 0. The van der Waals surface area contributed by atoms with Crippen LogP contribution >= 0.6 is 0 Å². The molecule has 0 unspecified atom stereocenters. The lowest BCUT2D eigenvalue weighted by Gasteiger charge is -2.16. The first-order chi connectivity index (χ1) is 12.6. The van der Waals surface area contributed by atoms with Crippen LogP contribution in [-0.4, -0.2) is 25.2 Å². The van der Waals surface area contributed by atoms with E-state index in [0.717, 1.165) is 42.0 Å². The Balaban J connectivity index is 1.43. The quantitative estimate of drug-likeness (QED) is 0.787. The molecule has 0 saturated carbocycles. The fraction of sp³-hybridized carbons (Fsp3) is 0.350. The molecule has 0 atom stereocenters. The van der Waals surface area contributed by atoms with Crippen LogP contribution in [0.2, 0.25) is 0 Å². The third-order valence-electron chi connectivity index (χ3n) is 4.81. The van der Waals surface area contributed by atoms with E-state index in [-0.39, 0.29) is 5.91 Å². The van der Waals surface area contributed by atoms with Crippen molar-refractivity contribution in [2.24, 2.45) is 0 Å². The molecule has 6 heteroatoms. The molecule has 1 aliphatic rings. The van der Waals surface area contributed by atoms with Gasteiger partial charge in [-0.1, -0.05) is 12.1 Å². The van der Waals surface area contributed by atoms with Gasteiger partial charge in [-0.3, -0.25) is 10.1 Å². The maximum atomic E-state index is 12.4. The molecule has 3 heterocycles. The van der Waals surface area contributed by atoms with E-state index in [0.29, 0.717) is 12.4 Å². The Kier molecular flexibility index (Phi) is 4.32. The minimum atomic E-state index is -0.0390. The third kappa shape index (κ3) is 3.27. The predicted molar refractivity (Wildman–Crippen MR) is 101 cm³/mol. The molecule has 1 N–H and O–H groups in total. The summed E-state index contributed by atoms with van der Waals surface area (Å²) in [6.07, 6.45) is 5.58. The fourth-order valence-corrected chi connectivity index (χ4v) is 3.54. The van der Waals surface area contributed by atoms with Crippen LogP contribution in [-0.2, 0) is 24.2 Å². The van der Waals surface area contributed by atoms with Crippen LogP contribution in [0, 0.1) is 13.8 Å². The summed E-state index contributed by atoms with van der Waals surface area (Å²) in [5, 5.41) is 7.44. The van der Waals surface area contributed by atoms with Crippen molar-refractivity contribution in [1.82, 2.24) is 19.3 Å². The first-order valence-electron chi connectivity index (χ1n) is 9.07. The topological polar surface area (TPSA) is 64.7 Å². The maximum absolute atomic E-state index is 12.4. The minimum Gasteiger partial charge on any atom is -0.314 e. The first-order valence-corrected chi connectivity index (χ1v) is 9.07. The van der Waals surface area contributed by atoms with E-state index >= 15 is 0 Å². The van der Waals surface area contributed by atoms with Gasteiger partial charge in [0, 0.05) is 17.9 Å². The number of anilines is 1. The average Bonchev–Trinajstić information content (AvgIpc) is 3.18. The molecular formula is C20H23N5O. The van der Waals surface area contributed by atoms with E-state index in [1.807, 2.05) is 55.1 Å². The van der Waals surface area contributed by atoms with E-state index < -0.39 is 0 Å². The molecule has 1 amide bonds. The molecule has 26 heavy (non-hydrogen) atoms. The molecular weight excluding hydrogens is 326 g/mol. The number of amides is 1. The van der Waals surface area contributed by atoms with Crippen LogP contribution in [0.15, 0.2) is 36.5 Å². The molecule has 1 aliphatic heterocycles. The second kappa shape index (κ2) is 6.78. The van der Waals surface area contributed by atoms with E-state index in [1.165, 1.54) is 12.1 Å². The lowest BCUT2D eigenvalue weighted by Crippen LogP contribution is -2.20. The monoisotopic (exact) mass is 349 g/mol. The Hall–Kier alpha value is -2.89. The van der Waals surface area contributed by atoms with Crippen LogP contribution in [0.3, 0.4) is 0 Å². The van der Waals surface area contributed by atoms with Gasteiger partial charge in [-0.05, 0) is 56.9 Å². The number of nitrogens with one attached hydrogen (secondary N) is 1. The highest BCUT2D eigenvalue weighted by molar-refractivity contribution is 5.90. The Labute approximate surface area is 152 Å². The summed E-state index contributed by atoms with van der Waals surface area (Å²) in [6, 6.07) is 10.0. The molecule has 0 fully saturated rings. The lowest BCUT2D eigenvalue weighted by molar-refractivity contribution is -0.115. The standard InChI is InChI=1S/C20H23N5O/c1-14-11-15(2)25(23-14)17-8-6-16(7-9-17)12-19(26)22-20-21-13-18-5-3-4-10-24(18)20/h6-9,11,13H,3-5,10,12H2,1-2H3,(H,21,22,26). The number of hydrogen-bond donors (Lipinski definition) is 1. The van der Waals surface area contributed by atoms with Gasteiger partial charge >= 0.3 is 0 Å². The summed E-state index contributed by atoms with van der Waals surface area (Å²) in [5.41, 5.74) is 5.27. The summed E-state index contributed by atoms with van der Waals surface area (Å²) in [4.78, 5) is 16.8. The molecule has 2 aromatic heterocycles. The molecule has 4 rings (SSSR count). The molecule has 3 aromatic rings. The number of rotatable bonds is 4. The Morgan fingerprint density at radius 1 is 1.19 bits per heavy atom. The van der Waals surface area contributed by atoms with Crippen molar-refractivity contribution < 1.29 is 4.79 Å². The number of carbonyl (C=O) groups is 1. The van der Waals surface area contributed by atoms with E-state index in [9.17, 15) is 4.79 Å². The predicted octanol–water partition coefficient (Wildman–Crippen LogP) is 3.20. The first kappa shape index (κ1) is 16.6. The molecule has 0 radical (unpaired) electrons. The van der Waals surface area contributed by atoms with Gasteiger partial charge in [-0.15, -0.1) is 0 Å². The zero-order chi connectivity index (χ0) is 18.1. The van der Waals surface area contributed by atoms with Crippen molar-refractivity contribution in [3.05, 3.63) is 59.2 Å². The summed E-state index contributed by atoms with van der Waals surface area (Å²) < 4.78 is 4.03. The largest absolute Gasteiger partial charge is 0.314 e. The third-order valence-corrected chi connectivity index (χ3v) is 4.81. The zero-order valence-corrected chi connectivity index (χ0v) is 15.2. The van der Waals surface area contributed by atoms with Crippen molar-refractivity contribution in [3.63, 3.8) is 0 Å². The lowest BCUT2D eigenvalue weighted by atomic mass is 10.1. The number of aryl methyl sites for hydroxylation is 3. The van der Waals surface area contributed by atoms with E-state index in [2.05, 4.69) is 20.0 Å². The zero-order valence-electron chi connectivity index (χ0n) is 15.2.